The maximum atomic E-state index is 10.5. The molecule has 0 aliphatic carbocycles. The monoisotopic (exact) mass is 263 g/mol. The molecule has 0 saturated carbocycles. The Morgan fingerprint density at radius 3 is 1.82 bits per heavy atom. The fourth-order valence-electron chi connectivity index (χ4n) is 0.929. The van der Waals surface area contributed by atoms with Crippen LogP contribution >= 0.6 is 0 Å². The van der Waals surface area contributed by atoms with Crippen LogP contribution in [-0.4, -0.2) is 28.6 Å². The first kappa shape index (κ1) is 15.5. The van der Waals surface area contributed by atoms with Crippen molar-refractivity contribution >= 4 is 16.4 Å². The van der Waals surface area contributed by atoms with Gasteiger partial charge in [0, 0.05) is 6.04 Å². The number of benzene rings is 1. The number of nitrogens with two attached hydrogens (primary N) is 1. The van der Waals surface area contributed by atoms with E-state index < -0.39 is 16.4 Å². The molecule has 1 atom stereocenters. The molecule has 96 valence electrons. The Morgan fingerprint density at radius 2 is 1.59 bits per heavy atom. The van der Waals surface area contributed by atoms with Crippen molar-refractivity contribution in [2.75, 3.05) is 0 Å². The molecule has 0 spiro atoms. The zero-order valence-corrected chi connectivity index (χ0v) is 9.76. The van der Waals surface area contributed by atoms with Crippen LogP contribution in [0.2, 0.25) is 0 Å². The van der Waals surface area contributed by atoms with E-state index in [0.717, 1.165) is 5.56 Å². The number of hydrogen-bond donors (Lipinski definition) is 4. The summed E-state index contributed by atoms with van der Waals surface area (Å²) in [6.07, 6.45) is 0. The van der Waals surface area contributed by atoms with Gasteiger partial charge in [-0.25, -0.2) is 4.79 Å². The number of rotatable bonds is 2. The number of carboxylic acid groups (broad SMARTS) is 1. The first-order valence-electron chi connectivity index (χ1n) is 4.40. The number of aromatic carboxylic acids is 1. The fourth-order valence-corrected chi connectivity index (χ4v) is 0.929. The Bertz CT molecular complexity index is 457. The highest BCUT2D eigenvalue weighted by atomic mass is 32.3. The lowest BCUT2D eigenvalue weighted by Gasteiger charge is -2.04. The van der Waals surface area contributed by atoms with E-state index in [1.165, 1.54) is 0 Å². The van der Waals surface area contributed by atoms with Gasteiger partial charge in [0.25, 0.3) is 0 Å². The largest absolute Gasteiger partial charge is 0.478 e. The van der Waals surface area contributed by atoms with Crippen LogP contribution in [-0.2, 0) is 10.4 Å². The number of hydrogen-bond acceptors (Lipinski definition) is 4. The second-order valence-corrected chi connectivity index (χ2v) is 4.06. The van der Waals surface area contributed by atoms with Crippen LogP contribution < -0.4 is 5.73 Å². The van der Waals surface area contributed by atoms with Crippen molar-refractivity contribution in [1.82, 2.24) is 0 Å². The topological polar surface area (TPSA) is 138 Å². The van der Waals surface area contributed by atoms with Gasteiger partial charge in [-0.05, 0) is 24.6 Å². The predicted molar refractivity (Wildman–Crippen MR) is 60.2 cm³/mol. The molecule has 0 radical (unpaired) electrons. The lowest BCUT2D eigenvalue weighted by atomic mass is 10.1. The van der Waals surface area contributed by atoms with Crippen molar-refractivity contribution in [3.63, 3.8) is 0 Å². The molecular formula is C9H13NO6S. The van der Waals surface area contributed by atoms with Gasteiger partial charge >= 0.3 is 16.4 Å². The van der Waals surface area contributed by atoms with Crippen molar-refractivity contribution in [1.29, 1.82) is 0 Å². The highest BCUT2D eigenvalue weighted by Crippen LogP contribution is 2.10. The molecule has 7 nitrogen and oxygen atoms in total. The summed E-state index contributed by atoms with van der Waals surface area (Å²) in [5, 5.41) is 8.58. The third-order valence-corrected chi connectivity index (χ3v) is 1.68. The smallest absolute Gasteiger partial charge is 0.394 e. The molecule has 8 heteroatoms. The van der Waals surface area contributed by atoms with Crippen LogP contribution in [0.15, 0.2) is 24.3 Å². The standard InChI is InChI=1S/C9H11NO2.H2O4S/c1-6(10)7-2-4-8(5-3-7)9(11)12;1-5(2,3)4/h2-6H,10H2,1H3,(H,11,12);(H2,1,2,3,4). The van der Waals surface area contributed by atoms with Gasteiger partial charge in [0.05, 0.1) is 5.56 Å². The first-order chi connectivity index (χ1) is 7.61. The van der Waals surface area contributed by atoms with Crippen molar-refractivity contribution < 1.29 is 27.4 Å². The van der Waals surface area contributed by atoms with E-state index in [1.807, 2.05) is 6.92 Å². The Hall–Kier alpha value is -1.48. The van der Waals surface area contributed by atoms with E-state index in [1.54, 1.807) is 24.3 Å². The summed E-state index contributed by atoms with van der Waals surface area (Å²) < 4.78 is 31.6. The van der Waals surface area contributed by atoms with Gasteiger partial charge < -0.3 is 10.8 Å². The summed E-state index contributed by atoms with van der Waals surface area (Å²) in [6, 6.07) is 6.53. The summed E-state index contributed by atoms with van der Waals surface area (Å²) in [4.78, 5) is 10.5. The summed E-state index contributed by atoms with van der Waals surface area (Å²) >= 11 is 0. The van der Waals surface area contributed by atoms with Gasteiger partial charge in [-0.15, -0.1) is 0 Å². The van der Waals surface area contributed by atoms with Crippen LogP contribution in [0.4, 0.5) is 0 Å². The Morgan fingerprint density at radius 1 is 1.24 bits per heavy atom. The lowest BCUT2D eigenvalue weighted by Crippen LogP contribution is -2.05. The second-order valence-electron chi connectivity index (χ2n) is 3.16. The van der Waals surface area contributed by atoms with E-state index in [2.05, 4.69) is 0 Å². The van der Waals surface area contributed by atoms with Crippen molar-refractivity contribution in [2.45, 2.75) is 13.0 Å². The molecule has 17 heavy (non-hydrogen) atoms. The Labute approximate surface area is 98.5 Å². The molecule has 1 rings (SSSR count). The molecule has 0 bridgehead atoms. The zero-order valence-electron chi connectivity index (χ0n) is 8.94. The SMILES string of the molecule is CC(N)c1ccc(C(=O)O)cc1.O=S(=O)(O)O. The number of carboxylic acids is 1. The Balaban J connectivity index is 0.000000437. The third kappa shape index (κ3) is 8.34. The molecule has 0 aromatic heterocycles. The molecule has 1 unspecified atom stereocenters. The van der Waals surface area contributed by atoms with Crippen molar-refractivity contribution in [2.24, 2.45) is 5.73 Å². The van der Waals surface area contributed by atoms with Crippen LogP contribution in [0, 0.1) is 0 Å². The lowest BCUT2D eigenvalue weighted by molar-refractivity contribution is 0.0697. The fraction of sp³-hybridized carbons (Fsp3) is 0.222. The third-order valence-electron chi connectivity index (χ3n) is 1.68. The maximum absolute atomic E-state index is 10.5. The molecule has 0 saturated heterocycles. The predicted octanol–water partition coefficient (Wildman–Crippen LogP) is 0.752. The molecule has 0 heterocycles. The normalized spacial score (nSPS) is 12.2. The van der Waals surface area contributed by atoms with Gasteiger partial charge in [-0.2, -0.15) is 8.42 Å². The van der Waals surface area contributed by atoms with E-state index in [-0.39, 0.29) is 6.04 Å². The van der Waals surface area contributed by atoms with E-state index in [9.17, 15) is 4.79 Å². The average molecular weight is 263 g/mol. The molecule has 0 aliphatic heterocycles. The van der Waals surface area contributed by atoms with Crippen LogP contribution in [0.1, 0.15) is 28.9 Å². The molecule has 0 fully saturated rings. The second kappa shape index (κ2) is 6.30. The minimum absolute atomic E-state index is 0.0483. The van der Waals surface area contributed by atoms with Gasteiger partial charge in [0.2, 0.25) is 0 Å². The van der Waals surface area contributed by atoms with Crippen LogP contribution in [0.3, 0.4) is 0 Å². The average Bonchev–Trinajstić information content (AvgIpc) is 2.15. The maximum Gasteiger partial charge on any atom is 0.394 e. The first-order valence-corrected chi connectivity index (χ1v) is 5.79. The van der Waals surface area contributed by atoms with Gasteiger partial charge in [0.15, 0.2) is 0 Å². The molecule has 1 aromatic rings. The highest BCUT2D eigenvalue weighted by molar-refractivity contribution is 7.79. The minimum Gasteiger partial charge on any atom is -0.478 e. The minimum atomic E-state index is -4.67. The van der Waals surface area contributed by atoms with Crippen molar-refractivity contribution in [3.8, 4) is 0 Å². The summed E-state index contributed by atoms with van der Waals surface area (Å²) in [7, 11) is -4.67. The van der Waals surface area contributed by atoms with E-state index in [4.69, 9.17) is 28.4 Å². The Kier molecular flexibility index (Phi) is 5.75. The van der Waals surface area contributed by atoms with Gasteiger partial charge in [0.1, 0.15) is 0 Å². The quantitative estimate of drug-likeness (QED) is 0.577. The summed E-state index contributed by atoms with van der Waals surface area (Å²) in [6.45, 7) is 1.86. The summed E-state index contributed by atoms with van der Waals surface area (Å²) in [5.74, 6) is -0.911. The van der Waals surface area contributed by atoms with Gasteiger partial charge in [-0.1, -0.05) is 12.1 Å². The molecule has 1 aromatic carbocycles. The zero-order chi connectivity index (χ0) is 13.6. The highest BCUT2D eigenvalue weighted by Gasteiger charge is 2.03. The van der Waals surface area contributed by atoms with Gasteiger partial charge in [-0.3, -0.25) is 9.11 Å². The number of carbonyl (C=O) groups is 1. The van der Waals surface area contributed by atoms with Crippen LogP contribution in [0.5, 0.6) is 0 Å². The molecule has 0 aliphatic rings. The van der Waals surface area contributed by atoms with Crippen molar-refractivity contribution in [3.05, 3.63) is 35.4 Å². The molecular weight excluding hydrogens is 250 g/mol. The molecule has 0 amide bonds. The summed E-state index contributed by atoms with van der Waals surface area (Å²) in [5.41, 5.74) is 6.83. The van der Waals surface area contributed by atoms with Crippen LogP contribution in [0.25, 0.3) is 0 Å². The van der Waals surface area contributed by atoms with E-state index >= 15 is 0 Å². The van der Waals surface area contributed by atoms with E-state index in [0.29, 0.717) is 5.56 Å². The molecule has 5 N–H and O–H groups in total.